The fourth-order valence-corrected chi connectivity index (χ4v) is 2.00. The molecule has 3 heteroatoms. The number of carbonyl (C=O) groups is 2. The third-order valence-corrected chi connectivity index (χ3v) is 3.46. The minimum Gasteiger partial charge on any atom is -0.297 e. The molecule has 0 aliphatic heterocycles. The minimum absolute atomic E-state index is 0. The Labute approximate surface area is 177 Å². The van der Waals surface area contributed by atoms with Gasteiger partial charge in [0.1, 0.15) is 11.6 Å². The molecule has 0 saturated carbocycles. The van der Waals surface area contributed by atoms with Gasteiger partial charge in [-0.3, -0.25) is 9.59 Å². The van der Waals surface area contributed by atoms with Crippen LogP contribution in [0.3, 0.4) is 0 Å². The molecule has 146 valence electrons. The van der Waals surface area contributed by atoms with Gasteiger partial charge in [-0.2, -0.15) is 60.7 Å². The number of Topliss-reactive ketones (excluding diaryl/α,β-unsaturated/α-hetero) is 2. The molecule has 27 heavy (non-hydrogen) atoms. The van der Waals surface area contributed by atoms with Crippen LogP contribution in [0.5, 0.6) is 0 Å². The van der Waals surface area contributed by atoms with E-state index in [1.807, 2.05) is 0 Å². The summed E-state index contributed by atoms with van der Waals surface area (Å²) >= 11 is 0. The quantitative estimate of drug-likeness (QED) is 0.272. The van der Waals surface area contributed by atoms with Gasteiger partial charge in [-0.05, 0) is 20.3 Å². The van der Waals surface area contributed by atoms with Gasteiger partial charge >= 0.3 is 0 Å². The topological polar surface area (TPSA) is 34.1 Å². The maximum absolute atomic E-state index is 10.6. The van der Waals surface area contributed by atoms with Crippen molar-refractivity contribution in [3.8, 4) is 0 Å². The molecule has 0 spiro atoms. The molecular weight excluding hydrogens is 515 g/mol. The van der Waals surface area contributed by atoms with E-state index in [-0.39, 0.29) is 32.6 Å². The molecule has 1 aliphatic carbocycles. The van der Waals surface area contributed by atoms with E-state index in [1.54, 1.807) is 62.4 Å². The molecule has 0 aromatic heterocycles. The summed E-state index contributed by atoms with van der Waals surface area (Å²) < 4.78 is 0. The van der Waals surface area contributed by atoms with Crippen LogP contribution in [0.4, 0.5) is 0 Å². The monoisotopic (exact) mass is 540 g/mol. The van der Waals surface area contributed by atoms with Crippen molar-refractivity contribution < 1.29 is 30.7 Å². The first kappa shape index (κ1) is 24.8. The zero-order valence-corrected chi connectivity index (χ0v) is 18.0. The summed E-state index contributed by atoms with van der Waals surface area (Å²) in [6.07, 6.45) is 14.5. The Morgan fingerprint density at radius 1 is 0.778 bits per heavy atom. The van der Waals surface area contributed by atoms with Gasteiger partial charge in [0.05, 0.1) is 0 Å². The molecule has 0 heterocycles. The number of benzene rings is 2. The van der Waals surface area contributed by atoms with Crippen molar-refractivity contribution in [2.24, 2.45) is 0 Å². The Hall–Kier alpha value is -2.18. The van der Waals surface area contributed by atoms with E-state index in [0.717, 1.165) is 17.5 Å². The molecule has 0 saturated heterocycles. The molecule has 2 aromatic carbocycles. The van der Waals surface area contributed by atoms with Crippen molar-refractivity contribution in [2.75, 3.05) is 0 Å². The molecule has 0 N–H and O–H groups in total. The van der Waals surface area contributed by atoms with Crippen molar-refractivity contribution in [3.63, 3.8) is 0 Å². The molecule has 3 rings (SSSR count). The fraction of sp³-hybridized carbons (Fsp3) is 0.208. The van der Waals surface area contributed by atoms with E-state index >= 15 is 0 Å². The normalized spacial score (nSPS) is 11.6. The minimum atomic E-state index is 0. The maximum atomic E-state index is 10.6. The van der Waals surface area contributed by atoms with Crippen LogP contribution in [-0.4, -0.2) is 11.6 Å². The third-order valence-electron chi connectivity index (χ3n) is 3.46. The summed E-state index contributed by atoms with van der Waals surface area (Å²) in [5.41, 5.74) is 1.49. The Kier molecular flexibility index (Phi) is 14.7. The molecule has 2 aromatic rings. The zero-order valence-electron chi connectivity index (χ0n) is 15.8. The van der Waals surface area contributed by atoms with Gasteiger partial charge in [-0.25, -0.2) is 18.6 Å². The predicted octanol–water partition coefficient (Wildman–Crippen LogP) is 5.86. The maximum Gasteiger partial charge on any atom is 0.135 e. The van der Waals surface area contributed by atoms with Crippen LogP contribution in [0.1, 0.15) is 53.8 Å². The number of rotatable bonds is 2. The van der Waals surface area contributed by atoms with Crippen LogP contribution in [0.15, 0.2) is 72.8 Å². The summed E-state index contributed by atoms with van der Waals surface area (Å²) in [7, 11) is 0. The second kappa shape index (κ2) is 16.0. The van der Waals surface area contributed by atoms with Gasteiger partial charge < -0.3 is 0 Å². The van der Waals surface area contributed by atoms with Gasteiger partial charge in [0.25, 0.3) is 0 Å². The first-order valence-corrected chi connectivity index (χ1v) is 8.68. The summed E-state index contributed by atoms with van der Waals surface area (Å²) in [4.78, 5) is 21.3. The van der Waals surface area contributed by atoms with Crippen LogP contribution in [0.25, 0.3) is 0 Å². The molecule has 0 amide bonds. The summed E-state index contributed by atoms with van der Waals surface area (Å²) in [5.74, 6) is 0.202. The number of hydrogen-bond donors (Lipinski definition) is 0. The van der Waals surface area contributed by atoms with E-state index in [2.05, 4.69) is 42.9 Å². The van der Waals surface area contributed by atoms with E-state index in [4.69, 9.17) is 0 Å². The Bertz CT molecular complexity index is 628. The third kappa shape index (κ3) is 12.8. The summed E-state index contributed by atoms with van der Waals surface area (Å²) in [6.45, 7) is 3.10. The van der Waals surface area contributed by atoms with E-state index in [0.29, 0.717) is 0 Å². The van der Waals surface area contributed by atoms with Crippen molar-refractivity contribution in [1.29, 1.82) is 0 Å². The van der Waals surface area contributed by atoms with Gasteiger partial charge in [0, 0.05) is 21.1 Å². The number of allylic oxidation sites excluding steroid dienone is 4. The molecule has 0 bridgehead atoms. The summed E-state index contributed by atoms with van der Waals surface area (Å²) in [6, 6.07) is 19.6. The van der Waals surface area contributed by atoms with Crippen LogP contribution >= 0.6 is 0 Å². The Balaban J connectivity index is 0.000000369. The fourth-order valence-electron chi connectivity index (χ4n) is 2.00. The van der Waals surface area contributed by atoms with Crippen molar-refractivity contribution in [2.45, 2.75) is 33.1 Å². The average molecular weight is 541 g/mol. The number of ketones is 2. The van der Waals surface area contributed by atoms with Gasteiger partial charge in [-0.1, -0.05) is 30.0 Å². The van der Waals surface area contributed by atoms with E-state index in [9.17, 15) is 9.59 Å². The number of hydrogen-bond acceptors (Lipinski definition) is 2. The smallest absolute Gasteiger partial charge is 0.135 e. The number of carbonyl (C=O) groups excluding carboxylic acids is 2. The van der Waals surface area contributed by atoms with E-state index in [1.165, 1.54) is 12.8 Å². The molecule has 0 atom stereocenters. The largest absolute Gasteiger partial charge is 0.297 e. The van der Waals surface area contributed by atoms with Crippen LogP contribution in [-0.2, 0) is 21.1 Å². The average Bonchev–Trinajstić information content (AvgIpc) is 2.64. The molecule has 2 nitrogen and oxygen atoms in total. The molecule has 0 radical (unpaired) electrons. The van der Waals surface area contributed by atoms with Crippen LogP contribution < -0.4 is 0 Å². The van der Waals surface area contributed by atoms with Gasteiger partial charge in [-0.15, -0.1) is 6.08 Å². The predicted molar refractivity (Wildman–Crippen MR) is 107 cm³/mol. The van der Waals surface area contributed by atoms with Crippen molar-refractivity contribution in [1.82, 2.24) is 0 Å². The Morgan fingerprint density at radius 2 is 1.22 bits per heavy atom. The first-order chi connectivity index (χ1) is 12.6. The second-order valence-electron chi connectivity index (χ2n) is 5.64. The zero-order chi connectivity index (χ0) is 19.0. The second-order valence-corrected chi connectivity index (χ2v) is 5.64. The van der Waals surface area contributed by atoms with Crippen molar-refractivity contribution >= 4 is 11.6 Å². The molecule has 1 aliphatic rings. The molecule has 0 fully saturated rings. The Morgan fingerprint density at radius 3 is 1.63 bits per heavy atom. The first-order valence-electron chi connectivity index (χ1n) is 8.68. The summed E-state index contributed by atoms with van der Waals surface area (Å²) in [5, 5.41) is 0. The van der Waals surface area contributed by atoms with Crippen LogP contribution in [0, 0.1) is 18.6 Å². The molecule has 0 unspecified atom stereocenters. The standard InChI is InChI=1S/2C8H7O.C8H11.Pt/c2*1-7(9)8-5-3-2-4-6-8;1-2-4-6-8-7-5-3-1;/h2*3-6H,1H3;1-3,6,8H,4-5,7H2;/q3*-1;. The SMILES string of the molecule is C1=CCCC=CC[CH-]1.CC(=O)c1cc[c-]cc1.CC(=O)c1cc[c-]cc1.[Pt]. The van der Waals surface area contributed by atoms with Crippen LogP contribution in [0.2, 0.25) is 0 Å². The molecular formula is C24H25O2Pt-3. The van der Waals surface area contributed by atoms with Gasteiger partial charge in [0.2, 0.25) is 0 Å². The van der Waals surface area contributed by atoms with E-state index < -0.39 is 0 Å². The van der Waals surface area contributed by atoms with Gasteiger partial charge in [0.15, 0.2) is 0 Å². The van der Waals surface area contributed by atoms with Crippen molar-refractivity contribution in [3.05, 3.63) is 103 Å².